The molecule has 7 heteroatoms. The zero-order chi connectivity index (χ0) is 20.8. The third kappa shape index (κ3) is 5.05. The van der Waals surface area contributed by atoms with Gasteiger partial charge in [0.25, 0.3) is 0 Å². The van der Waals surface area contributed by atoms with E-state index in [9.17, 15) is 9.18 Å². The third-order valence-electron chi connectivity index (χ3n) is 4.81. The van der Waals surface area contributed by atoms with E-state index < -0.39 is 6.09 Å². The zero-order valence-corrected chi connectivity index (χ0v) is 16.3. The Balaban J connectivity index is 1.27. The Morgan fingerprint density at radius 2 is 1.90 bits per heavy atom. The number of carbonyl (C=O) groups excluding carboxylic acids is 1. The Morgan fingerprint density at radius 1 is 1.10 bits per heavy atom. The molecular formula is C23H22FN3O3. The van der Waals surface area contributed by atoms with Crippen molar-refractivity contribution >= 4 is 11.9 Å². The minimum atomic E-state index is -0.534. The predicted molar refractivity (Wildman–Crippen MR) is 111 cm³/mol. The summed E-state index contributed by atoms with van der Waals surface area (Å²) in [6.07, 6.45) is 1.65. The number of carbonyl (C=O) groups is 1. The van der Waals surface area contributed by atoms with Crippen molar-refractivity contribution in [2.24, 2.45) is 0 Å². The van der Waals surface area contributed by atoms with Crippen LogP contribution >= 0.6 is 0 Å². The van der Waals surface area contributed by atoms with E-state index in [1.54, 1.807) is 30.3 Å². The number of amides is 1. The molecule has 1 aliphatic rings. The zero-order valence-electron chi connectivity index (χ0n) is 16.3. The van der Waals surface area contributed by atoms with Gasteiger partial charge in [0.1, 0.15) is 11.9 Å². The summed E-state index contributed by atoms with van der Waals surface area (Å²) in [7, 11) is 0. The number of ether oxygens (including phenoxy) is 2. The number of para-hydroxylation sites is 1. The number of pyridine rings is 1. The van der Waals surface area contributed by atoms with Gasteiger partial charge in [0.05, 0.1) is 12.7 Å². The highest BCUT2D eigenvalue weighted by molar-refractivity contribution is 5.70. The quantitative estimate of drug-likeness (QED) is 0.665. The van der Waals surface area contributed by atoms with E-state index in [1.165, 1.54) is 12.3 Å². The minimum Gasteiger partial charge on any atom is -0.485 e. The Hall–Kier alpha value is -3.61. The van der Waals surface area contributed by atoms with Gasteiger partial charge in [-0.25, -0.2) is 14.2 Å². The first-order chi connectivity index (χ1) is 14.7. The van der Waals surface area contributed by atoms with Gasteiger partial charge in [-0.05, 0) is 29.8 Å². The van der Waals surface area contributed by atoms with Gasteiger partial charge in [0.2, 0.25) is 0 Å². The van der Waals surface area contributed by atoms with Crippen LogP contribution in [0.2, 0.25) is 0 Å². The second-order valence-electron chi connectivity index (χ2n) is 6.99. The van der Waals surface area contributed by atoms with Crippen LogP contribution in [0.15, 0.2) is 72.9 Å². The molecule has 1 saturated heterocycles. The number of nitrogens with one attached hydrogen (secondary N) is 1. The largest absolute Gasteiger partial charge is 0.485 e. The lowest BCUT2D eigenvalue weighted by molar-refractivity contribution is 0.200. The molecule has 1 N–H and O–H groups in total. The molecule has 0 aliphatic carbocycles. The fourth-order valence-electron chi connectivity index (χ4n) is 3.29. The Morgan fingerprint density at radius 3 is 2.67 bits per heavy atom. The van der Waals surface area contributed by atoms with Gasteiger partial charge in [-0.2, -0.15) is 0 Å². The molecule has 154 valence electrons. The van der Waals surface area contributed by atoms with E-state index in [1.807, 2.05) is 30.3 Å². The Labute approximate surface area is 174 Å². The minimum absolute atomic E-state index is 0.108. The number of aromatic nitrogens is 1. The monoisotopic (exact) mass is 407 g/mol. The molecule has 2 aromatic carbocycles. The number of rotatable bonds is 6. The van der Waals surface area contributed by atoms with Gasteiger partial charge in [-0.15, -0.1) is 0 Å². The molecule has 1 atom stereocenters. The molecule has 1 aromatic heterocycles. The van der Waals surface area contributed by atoms with Crippen molar-refractivity contribution in [3.05, 3.63) is 84.3 Å². The number of benzene rings is 2. The van der Waals surface area contributed by atoms with Gasteiger partial charge in [0, 0.05) is 19.5 Å². The summed E-state index contributed by atoms with van der Waals surface area (Å²) in [6, 6.07) is 19.5. The molecule has 1 aliphatic heterocycles. The number of anilines is 1. The summed E-state index contributed by atoms with van der Waals surface area (Å²) in [5, 5.41) is 2.70. The maximum atomic E-state index is 13.8. The standard InChI is InChI=1S/C23H22FN3O3/c24-20-8-4-5-9-21(20)29-19-12-13-27(16-19)22-11-10-18(15-25-22)30-23(28)26-14-17-6-2-1-3-7-17/h1-11,15,19H,12-14,16H2,(H,26,28). The second-order valence-corrected chi connectivity index (χ2v) is 6.99. The fourth-order valence-corrected chi connectivity index (χ4v) is 3.29. The van der Waals surface area contributed by atoms with E-state index in [4.69, 9.17) is 9.47 Å². The van der Waals surface area contributed by atoms with Crippen molar-refractivity contribution in [2.75, 3.05) is 18.0 Å². The SMILES string of the molecule is O=C(NCc1ccccc1)Oc1ccc(N2CCC(Oc3ccccc3F)C2)nc1. The molecule has 6 nitrogen and oxygen atoms in total. The van der Waals surface area contributed by atoms with Gasteiger partial charge >= 0.3 is 6.09 Å². The van der Waals surface area contributed by atoms with Crippen molar-refractivity contribution in [1.29, 1.82) is 0 Å². The molecule has 0 spiro atoms. The van der Waals surface area contributed by atoms with Crippen LogP contribution in [0.25, 0.3) is 0 Å². The summed E-state index contributed by atoms with van der Waals surface area (Å²) in [4.78, 5) is 18.4. The lowest BCUT2D eigenvalue weighted by atomic mass is 10.2. The maximum Gasteiger partial charge on any atom is 0.412 e. The van der Waals surface area contributed by atoms with Gasteiger partial charge in [-0.3, -0.25) is 0 Å². The molecule has 1 unspecified atom stereocenters. The lowest BCUT2D eigenvalue weighted by Gasteiger charge is -2.18. The van der Waals surface area contributed by atoms with Crippen LogP contribution in [-0.4, -0.2) is 30.3 Å². The predicted octanol–water partition coefficient (Wildman–Crippen LogP) is 4.17. The second kappa shape index (κ2) is 9.26. The average molecular weight is 407 g/mol. The normalized spacial score (nSPS) is 15.6. The van der Waals surface area contributed by atoms with Crippen LogP contribution in [0.4, 0.5) is 15.0 Å². The van der Waals surface area contributed by atoms with E-state index in [0.717, 1.165) is 24.3 Å². The average Bonchev–Trinajstić information content (AvgIpc) is 3.24. The van der Waals surface area contributed by atoms with Gasteiger partial charge < -0.3 is 19.7 Å². The number of hydrogen-bond acceptors (Lipinski definition) is 5. The van der Waals surface area contributed by atoms with Crippen molar-refractivity contribution < 1.29 is 18.7 Å². The molecule has 1 fully saturated rings. The molecule has 30 heavy (non-hydrogen) atoms. The third-order valence-corrected chi connectivity index (χ3v) is 4.81. The molecule has 2 heterocycles. The molecular weight excluding hydrogens is 385 g/mol. The summed E-state index contributed by atoms with van der Waals surface area (Å²) >= 11 is 0. The van der Waals surface area contributed by atoms with Crippen LogP contribution in [0.3, 0.4) is 0 Å². The van der Waals surface area contributed by atoms with E-state index in [0.29, 0.717) is 18.8 Å². The Kier molecular flexibility index (Phi) is 6.08. The number of hydrogen-bond donors (Lipinski definition) is 1. The highest BCUT2D eigenvalue weighted by atomic mass is 19.1. The van der Waals surface area contributed by atoms with Crippen molar-refractivity contribution in [3.63, 3.8) is 0 Å². The molecule has 0 saturated carbocycles. The first-order valence-electron chi connectivity index (χ1n) is 9.79. The first kappa shape index (κ1) is 19.7. The topological polar surface area (TPSA) is 63.7 Å². The number of nitrogens with zero attached hydrogens (tertiary/aromatic N) is 2. The maximum absolute atomic E-state index is 13.8. The van der Waals surface area contributed by atoms with E-state index >= 15 is 0 Å². The summed E-state index contributed by atoms with van der Waals surface area (Å²) in [5.74, 6) is 1.03. The van der Waals surface area contributed by atoms with Crippen LogP contribution in [-0.2, 0) is 6.54 Å². The van der Waals surface area contributed by atoms with Crippen LogP contribution in [0.1, 0.15) is 12.0 Å². The Bertz CT molecular complexity index is 982. The van der Waals surface area contributed by atoms with E-state index in [2.05, 4.69) is 15.2 Å². The smallest absolute Gasteiger partial charge is 0.412 e. The first-order valence-corrected chi connectivity index (χ1v) is 9.79. The van der Waals surface area contributed by atoms with Gasteiger partial charge in [-0.1, -0.05) is 42.5 Å². The lowest BCUT2D eigenvalue weighted by Crippen LogP contribution is -2.27. The number of halogens is 1. The molecule has 0 radical (unpaired) electrons. The van der Waals surface area contributed by atoms with Crippen molar-refractivity contribution in [2.45, 2.75) is 19.1 Å². The highest BCUT2D eigenvalue weighted by Crippen LogP contribution is 2.25. The fraction of sp³-hybridized carbons (Fsp3) is 0.217. The van der Waals surface area contributed by atoms with Crippen molar-refractivity contribution in [3.8, 4) is 11.5 Å². The highest BCUT2D eigenvalue weighted by Gasteiger charge is 2.25. The van der Waals surface area contributed by atoms with Crippen LogP contribution in [0.5, 0.6) is 11.5 Å². The van der Waals surface area contributed by atoms with Crippen LogP contribution in [0, 0.1) is 5.82 Å². The van der Waals surface area contributed by atoms with Gasteiger partial charge in [0.15, 0.2) is 17.3 Å². The summed E-state index contributed by atoms with van der Waals surface area (Å²) in [6.45, 7) is 1.76. The van der Waals surface area contributed by atoms with Crippen LogP contribution < -0.4 is 19.7 Å². The van der Waals surface area contributed by atoms with Crippen molar-refractivity contribution in [1.82, 2.24) is 10.3 Å². The van der Waals surface area contributed by atoms with E-state index in [-0.39, 0.29) is 17.7 Å². The molecule has 4 rings (SSSR count). The molecule has 1 amide bonds. The summed E-state index contributed by atoms with van der Waals surface area (Å²) in [5.41, 5.74) is 0.990. The molecule has 3 aromatic rings. The summed E-state index contributed by atoms with van der Waals surface area (Å²) < 4.78 is 24.8. The molecule has 0 bridgehead atoms.